The molecule has 41 heavy (non-hydrogen) atoms. The number of aliphatic hydroxyl groups is 1. The number of rotatable bonds is 12. The van der Waals surface area contributed by atoms with Crippen LogP contribution < -0.4 is 4.90 Å². The molecule has 1 aromatic rings. The van der Waals surface area contributed by atoms with Crippen molar-refractivity contribution in [3.8, 4) is 0 Å². The Balaban J connectivity index is 1.90. The van der Waals surface area contributed by atoms with Crippen molar-refractivity contribution in [2.45, 2.75) is 77.2 Å². The van der Waals surface area contributed by atoms with E-state index in [0.717, 1.165) is 5.56 Å². The van der Waals surface area contributed by atoms with Crippen molar-refractivity contribution in [1.82, 2.24) is 4.90 Å². The first-order valence-electron chi connectivity index (χ1n) is 14.5. The second-order valence-corrected chi connectivity index (χ2v) is 12.4. The number of benzene rings is 1. The number of ether oxygens (including phenoxy) is 2. The molecule has 1 N–H and O–H groups in total. The van der Waals surface area contributed by atoms with Gasteiger partial charge in [-0.1, -0.05) is 63.1 Å². The van der Waals surface area contributed by atoms with E-state index in [1.165, 1.54) is 4.90 Å². The van der Waals surface area contributed by atoms with Crippen LogP contribution in [0.3, 0.4) is 0 Å². The number of hydrogen-bond donors (Lipinski definition) is 1. The number of aliphatic hydroxyl groups excluding tert-OH is 1. The third-order valence-corrected chi connectivity index (χ3v) is 9.99. The van der Waals surface area contributed by atoms with Gasteiger partial charge >= 0.3 is 5.97 Å². The average Bonchev–Trinajstić information content (AvgIpc) is 3.45. The molecule has 0 saturated carbocycles. The minimum atomic E-state index is -1.28. The van der Waals surface area contributed by atoms with E-state index in [4.69, 9.17) is 21.1 Å². The summed E-state index contributed by atoms with van der Waals surface area (Å²) in [6, 6.07) is 3.67. The van der Waals surface area contributed by atoms with Gasteiger partial charge in [0.25, 0.3) is 5.91 Å². The Morgan fingerprint density at radius 3 is 2.63 bits per heavy atom. The summed E-state index contributed by atoms with van der Waals surface area (Å²) >= 11 is 6.65. The summed E-state index contributed by atoms with van der Waals surface area (Å²) in [5.41, 5.74) is -0.952. The fraction of sp³-hybridized carbons (Fsp3) is 0.594. The quantitative estimate of drug-likeness (QED) is 0.217. The Kier molecular flexibility index (Phi) is 9.07. The lowest BCUT2D eigenvalue weighted by Crippen LogP contribution is -2.60. The van der Waals surface area contributed by atoms with Gasteiger partial charge in [-0.05, 0) is 50.2 Å². The zero-order valence-corrected chi connectivity index (χ0v) is 25.5. The number of carbonyl (C=O) groups excluding carboxylic acids is 3. The molecule has 4 rings (SSSR count). The first-order chi connectivity index (χ1) is 19.4. The van der Waals surface area contributed by atoms with Crippen LogP contribution in [0.15, 0.2) is 43.5 Å². The SMILES string of the molecule is C=CCCOC(=O)[C@@H]1[C@H]2C(=O)N([C@@H](CO)[C@@H](C)CC)C(C(=O)N(CC=C)c3c(C)cccc3Cl)C23CC(C)[C@@]1(C)O3. The molecular weight excluding hydrogens is 544 g/mol. The van der Waals surface area contributed by atoms with Crippen molar-refractivity contribution in [3.63, 3.8) is 0 Å². The van der Waals surface area contributed by atoms with Crippen molar-refractivity contribution in [1.29, 1.82) is 0 Å². The molecule has 3 aliphatic rings. The summed E-state index contributed by atoms with van der Waals surface area (Å²) in [6.45, 7) is 17.2. The molecule has 3 saturated heterocycles. The molecule has 8 atom stereocenters. The molecule has 0 aromatic heterocycles. The molecule has 3 aliphatic heterocycles. The lowest BCUT2D eigenvalue weighted by molar-refractivity contribution is -0.162. The van der Waals surface area contributed by atoms with Crippen molar-refractivity contribution < 1.29 is 29.0 Å². The lowest BCUT2D eigenvalue weighted by Gasteiger charge is -2.41. The largest absolute Gasteiger partial charge is 0.465 e. The molecule has 224 valence electrons. The van der Waals surface area contributed by atoms with E-state index < -0.39 is 41.1 Å². The Labute approximate surface area is 248 Å². The van der Waals surface area contributed by atoms with Crippen LogP contribution >= 0.6 is 11.6 Å². The molecule has 2 amide bonds. The summed E-state index contributed by atoms with van der Waals surface area (Å²) in [5, 5.41) is 11.0. The number of likely N-dealkylation sites (tertiary alicyclic amines) is 1. The maximum Gasteiger partial charge on any atom is 0.312 e. The van der Waals surface area contributed by atoms with Crippen LogP contribution in [0.5, 0.6) is 0 Å². The summed E-state index contributed by atoms with van der Waals surface area (Å²) < 4.78 is 12.4. The van der Waals surface area contributed by atoms with Gasteiger partial charge in [0.15, 0.2) is 0 Å². The minimum absolute atomic E-state index is 0.118. The van der Waals surface area contributed by atoms with Gasteiger partial charge in [0, 0.05) is 6.54 Å². The van der Waals surface area contributed by atoms with E-state index in [2.05, 4.69) is 13.2 Å². The van der Waals surface area contributed by atoms with Crippen LogP contribution in [0.2, 0.25) is 5.02 Å². The molecule has 0 radical (unpaired) electrons. The van der Waals surface area contributed by atoms with E-state index in [1.54, 1.807) is 23.1 Å². The van der Waals surface area contributed by atoms with Gasteiger partial charge in [0.1, 0.15) is 17.6 Å². The molecule has 0 aliphatic carbocycles. The number of carbonyl (C=O) groups is 3. The van der Waals surface area contributed by atoms with E-state index in [9.17, 15) is 19.5 Å². The van der Waals surface area contributed by atoms with Gasteiger partial charge in [0.2, 0.25) is 5.91 Å². The number of para-hydroxylation sites is 1. The lowest BCUT2D eigenvalue weighted by atomic mass is 9.62. The van der Waals surface area contributed by atoms with Crippen molar-refractivity contribution >= 4 is 35.1 Å². The zero-order chi connectivity index (χ0) is 30.3. The fourth-order valence-corrected chi connectivity index (χ4v) is 7.68. The highest BCUT2D eigenvalue weighted by Gasteiger charge is 2.81. The molecule has 3 heterocycles. The molecule has 3 fully saturated rings. The number of fused-ring (bicyclic) bond motifs is 1. The maximum atomic E-state index is 14.9. The maximum absolute atomic E-state index is 14.9. The minimum Gasteiger partial charge on any atom is -0.465 e. The first-order valence-corrected chi connectivity index (χ1v) is 14.9. The molecule has 1 spiro atoms. The molecular formula is C32H43ClN2O6. The predicted molar refractivity (Wildman–Crippen MR) is 158 cm³/mol. The number of halogens is 1. The summed E-state index contributed by atoms with van der Waals surface area (Å²) in [6.07, 6.45) is 4.85. The van der Waals surface area contributed by atoms with Gasteiger partial charge in [-0.15, -0.1) is 13.2 Å². The number of anilines is 1. The van der Waals surface area contributed by atoms with Gasteiger partial charge in [-0.3, -0.25) is 14.4 Å². The van der Waals surface area contributed by atoms with Gasteiger partial charge < -0.3 is 24.4 Å². The average molecular weight is 587 g/mol. The van der Waals surface area contributed by atoms with Crippen LogP contribution in [-0.2, 0) is 23.9 Å². The third kappa shape index (κ3) is 4.82. The summed E-state index contributed by atoms with van der Waals surface area (Å²) in [4.78, 5) is 46.1. The number of nitrogens with zero attached hydrogens (tertiary/aromatic N) is 2. The Bertz CT molecular complexity index is 1200. The van der Waals surface area contributed by atoms with E-state index in [1.807, 2.05) is 46.8 Å². The summed E-state index contributed by atoms with van der Waals surface area (Å²) in [7, 11) is 0. The standard InChI is InChI=1S/C32H43ClN2O6/c1-8-11-16-40-30(39)25-24-28(37)35(23(18-36)19(4)10-3)27(32(24)17-21(6)31(25,7)41-32)29(38)34(15-9-2)26-20(5)13-12-14-22(26)33/h8-9,12-14,19,21,23-25,27,36H,1-2,10-11,15-18H2,3-7H3/t19-,21?,23-,24-,25-,27?,31+,32?/m0/s1. The van der Waals surface area contributed by atoms with Crippen molar-refractivity contribution in [3.05, 3.63) is 54.1 Å². The van der Waals surface area contributed by atoms with Gasteiger partial charge in [0.05, 0.1) is 41.5 Å². The topological polar surface area (TPSA) is 96.4 Å². The highest BCUT2D eigenvalue weighted by atomic mass is 35.5. The van der Waals surface area contributed by atoms with Gasteiger partial charge in [-0.2, -0.15) is 0 Å². The van der Waals surface area contributed by atoms with Gasteiger partial charge in [-0.25, -0.2) is 0 Å². The monoisotopic (exact) mass is 586 g/mol. The Hall–Kier alpha value is -2.68. The molecule has 9 heteroatoms. The van der Waals surface area contributed by atoms with Crippen LogP contribution in [0.1, 0.15) is 52.5 Å². The van der Waals surface area contributed by atoms with Crippen LogP contribution in [0.25, 0.3) is 0 Å². The molecule has 8 nitrogen and oxygen atoms in total. The number of aryl methyl sites for hydroxylation is 1. The Morgan fingerprint density at radius 2 is 2.05 bits per heavy atom. The Morgan fingerprint density at radius 1 is 1.34 bits per heavy atom. The second kappa shape index (κ2) is 11.9. The molecule has 2 bridgehead atoms. The number of hydrogen-bond acceptors (Lipinski definition) is 6. The van der Waals surface area contributed by atoms with Crippen LogP contribution in [0, 0.1) is 30.6 Å². The second-order valence-electron chi connectivity index (χ2n) is 12.0. The van der Waals surface area contributed by atoms with Crippen LogP contribution in [0.4, 0.5) is 5.69 Å². The summed E-state index contributed by atoms with van der Waals surface area (Å²) in [5.74, 6) is -3.32. The zero-order valence-electron chi connectivity index (χ0n) is 24.8. The number of amides is 2. The predicted octanol–water partition coefficient (Wildman–Crippen LogP) is 4.70. The highest BCUT2D eigenvalue weighted by Crippen LogP contribution is 2.66. The molecule has 1 aromatic carbocycles. The third-order valence-electron chi connectivity index (χ3n) is 9.69. The number of esters is 1. The molecule has 3 unspecified atom stereocenters. The fourth-order valence-electron chi connectivity index (χ4n) is 7.35. The first kappa shape index (κ1) is 31.3. The van der Waals surface area contributed by atoms with E-state index in [-0.39, 0.29) is 43.4 Å². The van der Waals surface area contributed by atoms with Crippen molar-refractivity contribution in [2.24, 2.45) is 23.7 Å². The highest BCUT2D eigenvalue weighted by molar-refractivity contribution is 6.34. The van der Waals surface area contributed by atoms with E-state index >= 15 is 0 Å². The van der Waals surface area contributed by atoms with E-state index in [0.29, 0.717) is 30.0 Å². The smallest absolute Gasteiger partial charge is 0.312 e. The van der Waals surface area contributed by atoms with Crippen molar-refractivity contribution in [2.75, 3.05) is 24.7 Å². The normalized spacial score (nSPS) is 31.5. The van der Waals surface area contributed by atoms with Crippen LogP contribution in [-0.4, -0.2) is 70.8 Å².